The molecule has 0 radical (unpaired) electrons. The number of aromatic nitrogens is 2. The number of rotatable bonds is 4. The Labute approximate surface area is 259 Å². The molecule has 0 unspecified atom stereocenters. The highest BCUT2D eigenvalue weighted by molar-refractivity contribution is 5.94. The van der Waals surface area contributed by atoms with Gasteiger partial charge in [-0.15, -0.1) is 0 Å². The van der Waals surface area contributed by atoms with Crippen LogP contribution in [-0.4, -0.2) is 122 Å². The number of aromatic amines is 1. The maximum Gasteiger partial charge on any atom is 0.490 e. The second-order valence-corrected chi connectivity index (χ2v) is 10.0. The Kier molecular flexibility index (Phi) is 14.7. The molecular weight excluding hydrogens is 669 g/mol. The van der Waals surface area contributed by atoms with Crippen LogP contribution in [0.1, 0.15) is 40.2 Å². The summed E-state index contributed by atoms with van der Waals surface area (Å²) in [5, 5.41) is 28.9. The number of halogens is 9. The average molecular weight is 700 g/mol. The van der Waals surface area contributed by atoms with Crippen LogP contribution in [0.3, 0.4) is 0 Å². The predicted molar refractivity (Wildman–Crippen MR) is 139 cm³/mol. The maximum absolute atomic E-state index is 13.0. The van der Waals surface area contributed by atoms with Crippen LogP contribution in [0.15, 0.2) is 23.0 Å². The summed E-state index contributed by atoms with van der Waals surface area (Å²) in [7, 11) is 4.23. The number of carbonyl (C=O) groups is 4. The van der Waals surface area contributed by atoms with Crippen LogP contribution in [0, 0.1) is 0 Å². The molecule has 2 aromatic rings. The van der Waals surface area contributed by atoms with Crippen LogP contribution < -0.4 is 0 Å². The minimum Gasteiger partial charge on any atom is -0.475 e. The molecule has 4 rings (SSSR count). The molecule has 266 valence electrons. The lowest BCUT2D eigenvalue weighted by Crippen LogP contribution is -2.44. The molecule has 0 aliphatic carbocycles. The van der Waals surface area contributed by atoms with Gasteiger partial charge in [-0.25, -0.2) is 14.4 Å². The van der Waals surface area contributed by atoms with Crippen LogP contribution in [-0.2, 0) is 33.9 Å². The first-order valence-corrected chi connectivity index (χ1v) is 13.1. The van der Waals surface area contributed by atoms with Crippen molar-refractivity contribution in [3.8, 4) is 0 Å². The molecule has 2 aliphatic rings. The standard InChI is InChI=1S/C19H27N5O2.3C2HF3O2/c1-22(2)15-3-8-24(9-4-15)19(25)18-16-5-7-23(12-17(16)20-21-18)11-14-6-10-26-13-14;3*3-2(4,5)1(6)7/h6,10,13,15H,3-5,7-9,11-12H2,1-2H3,(H,20,21);3*(H,6,7). The van der Waals surface area contributed by atoms with Gasteiger partial charge in [-0.1, -0.05) is 0 Å². The number of piperidine rings is 1. The van der Waals surface area contributed by atoms with Gasteiger partial charge in [-0.05, 0) is 39.4 Å². The fourth-order valence-electron chi connectivity index (χ4n) is 4.06. The molecule has 1 amide bonds. The number of fused-ring (bicyclic) bond motifs is 1. The molecule has 2 aliphatic heterocycles. The number of H-pyrrole nitrogens is 1. The van der Waals surface area contributed by atoms with Crippen LogP contribution in [0.4, 0.5) is 39.5 Å². The van der Waals surface area contributed by atoms with Crippen LogP contribution in [0.25, 0.3) is 0 Å². The van der Waals surface area contributed by atoms with Gasteiger partial charge in [0, 0.05) is 49.9 Å². The number of hydrogen-bond acceptors (Lipinski definition) is 8. The summed E-state index contributed by atoms with van der Waals surface area (Å²) >= 11 is 0. The van der Waals surface area contributed by atoms with E-state index >= 15 is 0 Å². The largest absolute Gasteiger partial charge is 0.490 e. The minimum absolute atomic E-state index is 0.0861. The van der Waals surface area contributed by atoms with E-state index in [1.54, 1.807) is 12.5 Å². The Balaban J connectivity index is 0.000000430. The van der Waals surface area contributed by atoms with Gasteiger partial charge in [0.15, 0.2) is 5.69 Å². The van der Waals surface area contributed by atoms with E-state index in [0.717, 1.165) is 63.2 Å². The lowest BCUT2D eigenvalue weighted by Gasteiger charge is -2.35. The van der Waals surface area contributed by atoms with Crippen molar-refractivity contribution in [2.75, 3.05) is 33.7 Å². The highest BCUT2D eigenvalue weighted by atomic mass is 19.4. The van der Waals surface area contributed by atoms with Gasteiger partial charge in [0.2, 0.25) is 0 Å². The monoisotopic (exact) mass is 699 g/mol. The van der Waals surface area contributed by atoms with Crippen molar-refractivity contribution in [2.45, 2.75) is 56.9 Å². The highest BCUT2D eigenvalue weighted by Gasteiger charge is 2.39. The molecule has 0 atom stereocenters. The number of furan rings is 1. The number of alkyl halides is 9. The van der Waals surface area contributed by atoms with E-state index in [1.807, 2.05) is 11.0 Å². The summed E-state index contributed by atoms with van der Waals surface area (Å²) in [5.74, 6) is -8.18. The van der Waals surface area contributed by atoms with Gasteiger partial charge < -0.3 is 29.5 Å². The van der Waals surface area contributed by atoms with Crippen molar-refractivity contribution in [2.24, 2.45) is 0 Å². The van der Waals surface area contributed by atoms with Gasteiger partial charge in [0.1, 0.15) is 0 Å². The van der Waals surface area contributed by atoms with Crippen molar-refractivity contribution in [3.05, 3.63) is 41.1 Å². The number of nitrogens with one attached hydrogen (secondary N) is 1. The SMILES string of the molecule is CN(C)C1CCN(C(=O)c2n[nH]c3c2CCN(Cc2ccoc2)C3)CC1.O=C(O)C(F)(F)F.O=C(O)C(F)(F)F.O=C(O)C(F)(F)F. The summed E-state index contributed by atoms with van der Waals surface area (Å²) in [6.07, 6.45) is -8.83. The van der Waals surface area contributed by atoms with E-state index in [-0.39, 0.29) is 5.91 Å². The van der Waals surface area contributed by atoms with Gasteiger partial charge in [0.05, 0.1) is 18.2 Å². The summed E-state index contributed by atoms with van der Waals surface area (Å²) in [6, 6.07) is 2.57. The predicted octanol–water partition coefficient (Wildman–Crippen LogP) is 3.63. The Morgan fingerprint density at radius 2 is 1.36 bits per heavy atom. The van der Waals surface area contributed by atoms with E-state index in [9.17, 15) is 44.3 Å². The number of carboxylic acids is 3. The quantitative estimate of drug-likeness (QED) is 0.343. The van der Waals surface area contributed by atoms with Gasteiger partial charge in [-0.3, -0.25) is 14.8 Å². The zero-order chi connectivity index (χ0) is 36.3. The first-order chi connectivity index (χ1) is 21.4. The number of amides is 1. The zero-order valence-corrected chi connectivity index (χ0v) is 24.5. The van der Waals surface area contributed by atoms with E-state index in [0.29, 0.717) is 11.7 Å². The Morgan fingerprint density at radius 1 is 0.894 bits per heavy atom. The number of likely N-dealkylation sites (tertiary alicyclic amines) is 1. The Hall–Kier alpha value is -4.34. The first kappa shape index (κ1) is 40.7. The molecule has 1 saturated heterocycles. The Morgan fingerprint density at radius 3 is 1.74 bits per heavy atom. The van der Waals surface area contributed by atoms with E-state index in [1.165, 1.54) is 5.56 Å². The molecular formula is C25H30F9N5O8. The number of hydrogen-bond donors (Lipinski definition) is 4. The van der Waals surface area contributed by atoms with Crippen molar-refractivity contribution in [3.63, 3.8) is 0 Å². The summed E-state index contributed by atoms with van der Waals surface area (Å²) in [4.78, 5) is 46.2. The second-order valence-electron chi connectivity index (χ2n) is 10.0. The topological polar surface area (TPSA) is 181 Å². The molecule has 0 saturated carbocycles. The molecule has 22 heteroatoms. The number of nitrogens with zero attached hydrogens (tertiary/aromatic N) is 4. The van der Waals surface area contributed by atoms with Crippen molar-refractivity contribution in [1.29, 1.82) is 0 Å². The normalized spacial score (nSPS) is 15.6. The average Bonchev–Trinajstić information content (AvgIpc) is 3.62. The summed E-state index contributed by atoms with van der Waals surface area (Å²) in [5.41, 5.74) is 3.98. The van der Waals surface area contributed by atoms with Crippen LogP contribution in [0.2, 0.25) is 0 Å². The fourth-order valence-corrected chi connectivity index (χ4v) is 4.06. The molecule has 13 nitrogen and oxygen atoms in total. The molecule has 4 N–H and O–H groups in total. The Bertz CT molecular complexity index is 1260. The van der Waals surface area contributed by atoms with Crippen molar-refractivity contribution < 1.29 is 78.4 Å². The molecule has 2 aromatic heterocycles. The molecule has 0 spiro atoms. The van der Waals surface area contributed by atoms with Gasteiger partial charge in [-0.2, -0.15) is 44.6 Å². The van der Waals surface area contributed by atoms with Crippen molar-refractivity contribution >= 4 is 23.8 Å². The number of carboxylic acid groups (broad SMARTS) is 3. The highest BCUT2D eigenvalue weighted by Crippen LogP contribution is 2.24. The second kappa shape index (κ2) is 17.0. The van der Waals surface area contributed by atoms with Crippen molar-refractivity contribution in [1.82, 2.24) is 24.9 Å². The molecule has 1 fully saturated rings. The van der Waals surface area contributed by atoms with Gasteiger partial charge in [0.25, 0.3) is 5.91 Å². The third-order valence-corrected chi connectivity index (χ3v) is 6.41. The third-order valence-electron chi connectivity index (χ3n) is 6.41. The number of carbonyl (C=O) groups excluding carboxylic acids is 1. The first-order valence-electron chi connectivity index (χ1n) is 13.1. The molecule has 4 heterocycles. The third kappa shape index (κ3) is 13.9. The minimum atomic E-state index is -5.08. The smallest absolute Gasteiger partial charge is 0.475 e. The summed E-state index contributed by atoms with van der Waals surface area (Å²) in [6.45, 7) is 4.21. The summed E-state index contributed by atoms with van der Waals surface area (Å²) < 4.78 is 100. The fraction of sp³-hybridized carbons (Fsp3) is 0.560. The zero-order valence-electron chi connectivity index (χ0n) is 24.5. The van der Waals surface area contributed by atoms with E-state index in [4.69, 9.17) is 34.1 Å². The van der Waals surface area contributed by atoms with Gasteiger partial charge >= 0.3 is 36.4 Å². The molecule has 0 bridgehead atoms. The molecule has 47 heavy (non-hydrogen) atoms. The lowest BCUT2D eigenvalue weighted by atomic mass is 10.0. The molecule has 0 aromatic carbocycles. The van der Waals surface area contributed by atoms with E-state index < -0.39 is 36.4 Å². The lowest BCUT2D eigenvalue weighted by molar-refractivity contribution is -0.193. The van der Waals surface area contributed by atoms with E-state index in [2.05, 4.69) is 34.1 Å². The maximum atomic E-state index is 13.0. The van der Waals surface area contributed by atoms with Crippen LogP contribution >= 0.6 is 0 Å². The van der Waals surface area contributed by atoms with Crippen LogP contribution in [0.5, 0.6) is 0 Å². The number of aliphatic carboxylic acids is 3.